The number of hydrogen-bond acceptors (Lipinski definition) is 3. The van der Waals surface area contributed by atoms with Gasteiger partial charge >= 0.3 is 12.3 Å². The third kappa shape index (κ3) is 3.54. The van der Waals surface area contributed by atoms with E-state index in [9.17, 15) is 26.4 Å². The number of sulfone groups is 1. The number of alkyl halides is 3. The third-order valence-corrected chi connectivity index (χ3v) is 4.08. The molecule has 0 saturated carbocycles. The molecule has 0 aromatic rings. The van der Waals surface area contributed by atoms with Crippen molar-refractivity contribution in [2.45, 2.75) is 18.8 Å². The molecule has 1 atom stereocenters. The van der Waals surface area contributed by atoms with E-state index in [1.807, 2.05) is 0 Å². The molecule has 1 heterocycles. The molecule has 16 heavy (non-hydrogen) atoms. The lowest BCUT2D eigenvalue weighted by Crippen LogP contribution is -2.49. The summed E-state index contributed by atoms with van der Waals surface area (Å²) in [4.78, 5) is 11.8. The van der Waals surface area contributed by atoms with Crippen LogP contribution in [0, 0.1) is 0 Å². The molecule has 94 valence electrons. The molecule has 0 aliphatic carbocycles. The van der Waals surface area contributed by atoms with Crippen molar-refractivity contribution >= 4 is 15.9 Å². The predicted molar refractivity (Wildman–Crippen MR) is 49.4 cm³/mol. The van der Waals surface area contributed by atoms with Crippen LogP contribution >= 0.6 is 0 Å². The van der Waals surface area contributed by atoms with E-state index in [4.69, 9.17) is 0 Å². The molecule has 1 rings (SSSR count). The minimum absolute atomic E-state index is 0.0959. The van der Waals surface area contributed by atoms with Gasteiger partial charge in [-0.25, -0.2) is 18.5 Å². The first kappa shape index (κ1) is 13.1. The number of urea groups is 1. The number of amides is 2. The van der Waals surface area contributed by atoms with Gasteiger partial charge in [0.15, 0.2) is 9.84 Å². The van der Waals surface area contributed by atoms with Gasteiger partial charge in [-0.3, -0.25) is 0 Å². The van der Waals surface area contributed by atoms with E-state index in [2.05, 4.69) is 0 Å². The highest BCUT2D eigenvalue weighted by Crippen LogP contribution is 2.18. The molecule has 1 saturated heterocycles. The van der Waals surface area contributed by atoms with Crippen LogP contribution in [0.15, 0.2) is 0 Å². The Morgan fingerprint density at radius 1 is 1.44 bits per heavy atom. The van der Waals surface area contributed by atoms with E-state index in [0.29, 0.717) is 0 Å². The van der Waals surface area contributed by atoms with E-state index < -0.39 is 28.2 Å². The summed E-state index contributed by atoms with van der Waals surface area (Å²) in [6.07, 6.45) is -4.63. The van der Waals surface area contributed by atoms with Gasteiger partial charge in [0, 0.05) is 13.1 Å². The Bertz CT molecular complexity index is 379. The maximum absolute atomic E-state index is 11.8. The first-order valence-corrected chi connectivity index (χ1v) is 6.25. The highest BCUT2D eigenvalue weighted by atomic mass is 32.2. The summed E-state index contributed by atoms with van der Waals surface area (Å²) >= 11 is 0. The van der Waals surface area contributed by atoms with Crippen LogP contribution in [-0.2, 0) is 9.84 Å². The van der Waals surface area contributed by atoms with E-state index in [-0.39, 0.29) is 17.9 Å². The van der Waals surface area contributed by atoms with Gasteiger partial charge in [0.1, 0.15) is 0 Å². The van der Waals surface area contributed by atoms with Crippen molar-refractivity contribution in [3.63, 3.8) is 0 Å². The molecule has 1 fully saturated rings. The summed E-state index contributed by atoms with van der Waals surface area (Å²) in [6, 6.07) is -2.03. The zero-order valence-corrected chi connectivity index (χ0v) is 9.23. The number of carbonyl (C=O) groups is 1. The Kier molecular flexibility index (Phi) is 3.36. The molecule has 0 radical (unpaired) electrons. The fourth-order valence-electron chi connectivity index (χ4n) is 1.46. The number of hydrogen-bond donors (Lipinski definition) is 1. The number of nitrogens with zero attached hydrogens (tertiary/aromatic N) is 1. The topological polar surface area (TPSA) is 66.5 Å². The lowest BCUT2D eigenvalue weighted by atomic mass is 10.2. The van der Waals surface area contributed by atoms with Gasteiger partial charge in [0.05, 0.1) is 11.5 Å². The summed E-state index contributed by atoms with van der Waals surface area (Å²) in [7, 11) is -2.08. The Morgan fingerprint density at radius 2 is 2.00 bits per heavy atom. The first-order valence-electron chi connectivity index (χ1n) is 4.43. The van der Waals surface area contributed by atoms with Crippen LogP contribution in [0.2, 0.25) is 0 Å². The maximum Gasteiger partial charge on any atom is 0.485 e. The van der Waals surface area contributed by atoms with Gasteiger partial charge in [-0.2, -0.15) is 13.2 Å². The highest BCUT2D eigenvalue weighted by Gasteiger charge is 2.37. The zero-order valence-electron chi connectivity index (χ0n) is 8.41. The molecule has 9 heteroatoms. The Hall–Kier alpha value is -0.990. The second-order valence-electron chi connectivity index (χ2n) is 3.60. The second kappa shape index (κ2) is 4.11. The first-order chi connectivity index (χ1) is 7.11. The van der Waals surface area contributed by atoms with Gasteiger partial charge in [-0.15, -0.1) is 0 Å². The van der Waals surface area contributed by atoms with Crippen molar-refractivity contribution in [3.05, 3.63) is 0 Å². The van der Waals surface area contributed by atoms with E-state index in [0.717, 1.165) is 17.3 Å². The largest absolute Gasteiger partial charge is 0.485 e. The van der Waals surface area contributed by atoms with Gasteiger partial charge in [-0.05, 0) is 6.42 Å². The van der Waals surface area contributed by atoms with Crippen LogP contribution in [0.25, 0.3) is 0 Å². The quantitative estimate of drug-likeness (QED) is 0.691. The molecule has 0 spiro atoms. The molecular formula is C7H11F3N2O3S. The number of carbonyl (C=O) groups excluding carboxylic acids is 1. The monoisotopic (exact) mass is 260 g/mol. The van der Waals surface area contributed by atoms with Crippen molar-refractivity contribution < 1.29 is 26.4 Å². The van der Waals surface area contributed by atoms with Gasteiger partial charge in [0.25, 0.3) is 0 Å². The van der Waals surface area contributed by atoms with Crippen molar-refractivity contribution in [2.75, 3.05) is 18.6 Å². The van der Waals surface area contributed by atoms with Crippen molar-refractivity contribution in [1.29, 1.82) is 0 Å². The lowest BCUT2D eigenvalue weighted by Gasteiger charge is -2.24. The summed E-state index contributed by atoms with van der Waals surface area (Å²) in [5.41, 5.74) is 0. The SMILES string of the molecule is CN(C(=O)NC(F)(F)F)C1CCS(=O)(=O)C1. The van der Waals surface area contributed by atoms with E-state index in [1.54, 1.807) is 0 Å². The van der Waals surface area contributed by atoms with Crippen molar-refractivity contribution in [2.24, 2.45) is 0 Å². The normalized spacial score (nSPS) is 24.1. The lowest BCUT2D eigenvalue weighted by molar-refractivity contribution is -0.147. The Balaban J connectivity index is 2.59. The molecule has 0 aromatic carbocycles. The summed E-state index contributed by atoms with van der Waals surface area (Å²) < 4.78 is 57.6. The van der Waals surface area contributed by atoms with Crippen LogP contribution in [0.4, 0.5) is 18.0 Å². The van der Waals surface area contributed by atoms with Crippen molar-refractivity contribution in [1.82, 2.24) is 10.2 Å². The van der Waals surface area contributed by atoms with E-state index in [1.165, 1.54) is 0 Å². The molecule has 1 N–H and O–H groups in total. The molecule has 1 unspecified atom stereocenters. The molecule has 1 aliphatic heterocycles. The highest BCUT2D eigenvalue weighted by molar-refractivity contribution is 7.91. The number of rotatable bonds is 1. The fourth-order valence-corrected chi connectivity index (χ4v) is 3.23. The van der Waals surface area contributed by atoms with Gasteiger partial charge in [0.2, 0.25) is 0 Å². The molecule has 0 bridgehead atoms. The number of halogens is 3. The standard InChI is InChI=1S/C7H11F3N2O3S/c1-12(6(13)11-7(8,9)10)5-2-3-16(14,15)4-5/h5H,2-4H2,1H3,(H,11,13). The van der Waals surface area contributed by atoms with Crippen LogP contribution in [0.1, 0.15) is 6.42 Å². The minimum atomic E-state index is -4.80. The van der Waals surface area contributed by atoms with Crippen LogP contribution in [-0.4, -0.2) is 50.2 Å². The van der Waals surface area contributed by atoms with E-state index >= 15 is 0 Å². The second-order valence-corrected chi connectivity index (χ2v) is 5.82. The number of nitrogens with one attached hydrogen (secondary N) is 1. The predicted octanol–water partition coefficient (Wildman–Crippen LogP) is 0.335. The van der Waals surface area contributed by atoms with Crippen LogP contribution in [0.5, 0.6) is 0 Å². The average Bonchev–Trinajstić information content (AvgIpc) is 2.41. The van der Waals surface area contributed by atoms with Crippen LogP contribution in [0.3, 0.4) is 0 Å². The van der Waals surface area contributed by atoms with Crippen LogP contribution < -0.4 is 5.32 Å². The maximum atomic E-state index is 11.8. The molecule has 1 aliphatic rings. The van der Waals surface area contributed by atoms with Gasteiger partial charge in [-0.1, -0.05) is 0 Å². The summed E-state index contributed by atoms with van der Waals surface area (Å²) in [5.74, 6) is -0.379. The molecular weight excluding hydrogens is 249 g/mol. The summed E-state index contributed by atoms with van der Waals surface area (Å²) in [6.45, 7) is 0. The summed E-state index contributed by atoms with van der Waals surface area (Å²) in [5, 5.41) is 0.815. The van der Waals surface area contributed by atoms with Gasteiger partial charge < -0.3 is 4.90 Å². The Morgan fingerprint density at radius 3 is 2.38 bits per heavy atom. The average molecular weight is 260 g/mol. The van der Waals surface area contributed by atoms with Crippen molar-refractivity contribution in [3.8, 4) is 0 Å². The molecule has 0 aromatic heterocycles. The molecule has 5 nitrogen and oxygen atoms in total. The molecule has 2 amide bonds. The third-order valence-electron chi connectivity index (χ3n) is 2.33. The zero-order chi connectivity index (χ0) is 12.6. The minimum Gasteiger partial charge on any atom is -0.324 e. The fraction of sp³-hybridized carbons (Fsp3) is 0.857. The smallest absolute Gasteiger partial charge is 0.324 e. The Labute approximate surface area is 90.5 Å².